The van der Waals surface area contributed by atoms with E-state index >= 15 is 0 Å². The third-order valence-electron chi connectivity index (χ3n) is 3.36. The number of hydrogen-bond donors (Lipinski definition) is 1. The lowest BCUT2D eigenvalue weighted by Crippen LogP contribution is -2.09. The van der Waals surface area contributed by atoms with E-state index in [1.165, 1.54) is 12.8 Å². The van der Waals surface area contributed by atoms with Crippen molar-refractivity contribution in [3.8, 4) is 0 Å². The Balaban J connectivity index is 1.76. The number of hydrogen-bond acceptors (Lipinski definition) is 3. The topological polar surface area (TPSA) is 53.1 Å². The number of imidazole rings is 1. The maximum Gasteiger partial charge on any atom is 0.0958 e. The molecule has 1 unspecified atom stereocenters. The second-order valence-corrected chi connectivity index (χ2v) is 4.61. The number of anilines is 1. The van der Waals surface area contributed by atoms with Crippen LogP contribution in [0, 0.1) is 0 Å². The number of benzene rings is 1. The van der Waals surface area contributed by atoms with Gasteiger partial charge < -0.3 is 15.0 Å². The molecule has 1 atom stereocenters. The van der Waals surface area contributed by atoms with Gasteiger partial charge in [0.1, 0.15) is 0 Å². The lowest BCUT2D eigenvalue weighted by atomic mass is 10.2. The van der Waals surface area contributed by atoms with Gasteiger partial charge in [-0.05, 0) is 37.5 Å². The van der Waals surface area contributed by atoms with Crippen LogP contribution in [0.4, 0.5) is 5.69 Å². The van der Waals surface area contributed by atoms with Crippen molar-refractivity contribution in [2.24, 2.45) is 0 Å². The molecule has 1 aromatic heterocycles. The van der Waals surface area contributed by atoms with Crippen molar-refractivity contribution in [3.63, 3.8) is 0 Å². The molecule has 1 fully saturated rings. The van der Waals surface area contributed by atoms with Crippen molar-refractivity contribution < 1.29 is 4.74 Å². The molecule has 0 radical (unpaired) electrons. The predicted octanol–water partition coefficient (Wildman–Crippen LogP) is 2.19. The normalized spacial score (nSPS) is 20.1. The molecule has 0 aliphatic carbocycles. The van der Waals surface area contributed by atoms with Crippen molar-refractivity contribution in [1.82, 2.24) is 9.55 Å². The van der Waals surface area contributed by atoms with Crippen LogP contribution in [-0.2, 0) is 11.3 Å². The first-order chi connectivity index (χ1) is 8.33. The molecule has 1 saturated heterocycles. The van der Waals surface area contributed by atoms with E-state index in [0.717, 1.165) is 36.3 Å². The van der Waals surface area contributed by atoms with Crippen molar-refractivity contribution in [1.29, 1.82) is 0 Å². The minimum absolute atomic E-state index is 0.432. The van der Waals surface area contributed by atoms with Crippen LogP contribution in [0.2, 0.25) is 0 Å². The lowest BCUT2D eigenvalue weighted by Gasteiger charge is -2.10. The van der Waals surface area contributed by atoms with Gasteiger partial charge in [-0.3, -0.25) is 0 Å². The Bertz CT molecular complexity index is 514. The third kappa shape index (κ3) is 2.13. The van der Waals surface area contributed by atoms with Gasteiger partial charge in [0.2, 0.25) is 0 Å². The summed E-state index contributed by atoms with van der Waals surface area (Å²) in [4.78, 5) is 4.37. The molecule has 0 saturated carbocycles. The Morgan fingerprint density at radius 2 is 2.41 bits per heavy atom. The molecule has 2 heterocycles. The average Bonchev–Trinajstić information content (AvgIpc) is 2.94. The minimum Gasteiger partial charge on any atom is -0.399 e. The van der Waals surface area contributed by atoms with Gasteiger partial charge in [-0.15, -0.1) is 0 Å². The van der Waals surface area contributed by atoms with Gasteiger partial charge in [-0.1, -0.05) is 0 Å². The van der Waals surface area contributed by atoms with Crippen LogP contribution in [-0.4, -0.2) is 22.3 Å². The molecule has 4 nitrogen and oxygen atoms in total. The number of ether oxygens (including phenoxy) is 1. The van der Waals surface area contributed by atoms with Gasteiger partial charge in [-0.25, -0.2) is 4.98 Å². The van der Waals surface area contributed by atoms with Crippen LogP contribution in [0.5, 0.6) is 0 Å². The molecule has 0 amide bonds. The van der Waals surface area contributed by atoms with E-state index in [1.54, 1.807) is 0 Å². The van der Waals surface area contributed by atoms with E-state index in [0.29, 0.717) is 6.10 Å². The molecule has 0 spiro atoms. The summed E-state index contributed by atoms with van der Waals surface area (Å²) in [7, 11) is 0. The Hall–Kier alpha value is -1.55. The molecule has 2 aromatic rings. The average molecular weight is 231 g/mol. The number of aryl methyl sites for hydroxylation is 1. The highest BCUT2D eigenvalue weighted by Gasteiger charge is 2.15. The maximum absolute atomic E-state index is 5.74. The van der Waals surface area contributed by atoms with E-state index in [1.807, 2.05) is 24.5 Å². The summed E-state index contributed by atoms with van der Waals surface area (Å²) in [5.41, 5.74) is 8.62. The molecule has 2 N–H and O–H groups in total. The summed E-state index contributed by atoms with van der Waals surface area (Å²) < 4.78 is 7.81. The summed E-state index contributed by atoms with van der Waals surface area (Å²) in [6.07, 6.45) is 5.78. The standard InChI is InChI=1S/C13H17N3O/c14-10-3-4-13-12(8-10)15-9-16(13)6-5-11-2-1-7-17-11/h3-4,8-9,11H,1-2,5-7,14H2. The first kappa shape index (κ1) is 10.6. The predicted molar refractivity (Wildman–Crippen MR) is 67.7 cm³/mol. The SMILES string of the molecule is Nc1ccc2c(c1)ncn2CCC1CCCO1. The van der Waals surface area contributed by atoms with Gasteiger partial charge in [0, 0.05) is 18.8 Å². The Kier molecular flexibility index (Phi) is 2.73. The molecular formula is C13H17N3O. The van der Waals surface area contributed by atoms with Crippen LogP contribution < -0.4 is 5.73 Å². The molecule has 0 bridgehead atoms. The number of nitrogens with two attached hydrogens (primary N) is 1. The highest BCUT2D eigenvalue weighted by molar-refractivity contribution is 5.78. The monoisotopic (exact) mass is 231 g/mol. The van der Waals surface area contributed by atoms with Crippen LogP contribution in [0.15, 0.2) is 24.5 Å². The summed E-state index contributed by atoms with van der Waals surface area (Å²) in [5.74, 6) is 0. The largest absolute Gasteiger partial charge is 0.399 e. The van der Waals surface area contributed by atoms with Gasteiger partial charge in [0.25, 0.3) is 0 Å². The second-order valence-electron chi connectivity index (χ2n) is 4.61. The number of fused-ring (bicyclic) bond motifs is 1. The fourth-order valence-corrected chi connectivity index (χ4v) is 2.41. The maximum atomic E-state index is 5.74. The van der Waals surface area contributed by atoms with Gasteiger partial charge in [-0.2, -0.15) is 0 Å². The fourth-order valence-electron chi connectivity index (χ4n) is 2.41. The second kappa shape index (κ2) is 4.37. The summed E-state index contributed by atoms with van der Waals surface area (Å²) in [6, 6.07) is 5.87. The number of aromatic nitrogens is 2. The highest BCUT2D eigenvalue weighted by atomic mass is 16.5. The molecule has 1 aliphatic heterocycles. The van der Waals surface area contributed by atoms with Crippen LogP contribution in [0.1, 0.15) is 19.3 Å². The quantitative estimate of drug-likeness (QED) is 0.824. The van der Waals surface area contributed by atoms with Crippen LogP contribution >= 0.6 is 0 Å². The van der Waals surface area contributed by atoms with E-state index in [-0.39, 0.29) is 0 Å². The van der Waals surface area contributed by atoms with Crippen molar-refractivity contribution in [2.75, 3.05) is 12.3 Å². The fraction of sp³-hybridized carbons (Fsp3) is 0.462. The van der Waals surface area contributed by atoms with Gasteiger partial charge >= 0.3 is 0 Å². The summed E-state index contributed by atoms with van der Waals surface area (Å²) in [6.45, 7) is 1.89. The zero-order chi connectivity index (χ0) is 11.7. The molecule has 4 heteroatoms. The Labute approximate surface area is 100 Å². The zero-order valence-corrected chi connectivity index (χ0v) is 9.80. The van der Waals surface area contributed by atoms with Crippen molar-refractivity contribution >= 4 is 16.7 Å². The highest BCUT2D eigenvalue weighted by Crippen LogP contribution is 2.19. The molecule has 1 aromatic carbocycles. The number of nitrogen functional groups attached to an aromatic ring is 1. The van der Waals surface area contributed by atoms with Crippen molar-refractivity contribution in [3.05, 3.63) is 24.5 Å². The summed E-state index contributed by atoms with van der Waals surface area (Å²) in [5, 5.41) is 0. The third-order valence-corrected chi connectivity index (χ3v) is 3.36. The number of nitrogens with zero attached hydrogens (tertiary/aromatic N) is 2. The Morgan fingerprint density at radius 1 is 1.47 bits per heavy atom. The van der Waals surface area contributed by atoms with Crippen LogP contribution in [0.25, 0.3) is 11.0 Å². The molecule has 90 valence electrons. The first-order valence-electron chi connectivity index (χ1n) is 6.15. The van der Waals surface area contributed by atoms with Gasteiger partial charge in [0.05, 0.1) is 23.5 Å². The van der Waals surface area contributed by atoms with E-state index in [9.17, 15) is 0 Å². The van der Waals surface area contributed by atoms with Crippen molar-refractivity contribution in [2.45, 2.75) is 31.9 Å². The lowest BCUT2D eigenvalue weighted by molar-refractivity contribution is 0.101. The summed E-state index contributed by atoms with van der Waals surface area (Å²) >= 11 is 0. The van der Waals surface area contributed by atoms with E-state index in [2.05, 4.69) is 9.55 Å². The molecular weight excluding hydrogens is 214 g/mol. The smallest absolute Gasteiger partial charge is 0.0958 e. The molecule has 1 aliphatic rings. The first-order valence-corrected chi connectivity index (χ1v) is 6.15. The molecule has 17 heavy (non-hydrogen) atoms. The van der Waals surface area contributed by atoms with E-state index in [4.69, 9.17) is 10.5 Å². The minimum atomic E-state index is 0.432. The number of rotatable bonds is 3. The van der Waals surface area contributed by atoms with Crippen LogP contribution in [0.3, 0.4) is 0 Å². The van der Waals surface area contributed by atoms with Gasteiger partial charge in [0.15, 0.2) is 0 Å². The van der Waals surface area contributed by atoms with E-state index < -0.39 is 0 Å². The molecule has 3 rings (SSSR count). The Morgan fingerprint density at radius 3 is 3.24 bits per heavy atom. The zero-order valence-electron chi connectivity index (χ0n) is 9.80.